The van der Waals surface area contributed by atoms with Gasteiger partial charge >= 0.3 is 0 Å². The van der Waals surface area contributed by atoms with Gasteiger partial charge in [-0.25, -0.2) is 0 Å². The van der Waals surface area contributed by atoms with Crippen LogP contribution in [-0.4, -0.2) is 35.1 Å². The highest BCUT2D eigenvalue weighted by atomic mass is 35.5. The third kappa shape index (κ3) is 4.68. The summed E-state index contributed by atoms with van der Waals surface area (Å²) in [5.41, 5.74) is 1.14. The zero-order valence-electron chi connectivity index (χ0n) is 19.4. The Morgan fingerprint density at radius 3 is 2.17 bits per heavy atom. The molecule has 1 unspecified atom stereocenters. The van der Waals surface area contributed by atoms with Crippen molar-refractivity contribution in [1.82, 2.24) is 0 Å². The van der Waals surface area contributed by atoms with Crippen molar-refractivity contribution < 1.29 is 29.3 Å². The molecule has 0 aliphatic carbocycles. The zero-order valence-corrected chi connectivity index (χ0v) is 20.1. The number of halogens is 1. The second-order valence-corrected chi connectivity index (χ2v) is 8.68. The van der Waals surface area contributed by atoms with Gasteiger partial charge in [-0.1, -0.05) is 17.7 Å². The number of carbonyl (C=O) groups excluding carboxylic acids is 2. The molecule has 8 heteroatoms. The van der Waals surface area contributed by atoms with E-state index in [-0.39, 0.29) is 28.2 Å². The van der Waals surface area contributed by atoms with Gasteiger partial charge in [0.15, 0.2) is 0 Å². The van der Waals surface area contributed by atoms with E-state index in [1.54, 1.807) is 54.6 Å². The molecule has 1 fully saturated rings. The number of anilines is 1. The van der Waals surface area contributed by atoms with Crippen LogP contribution in [0.25, 0.3) is 5.76 Å². The number of carbonyl (C=O) groups is 2. The number of amides is 1. The van der Waals surface area contributed by atoms with E-state index in [1.807, 2.05) is 13.8 Å². The van der Waals surface area contributed by atoms with E-state index in [0.717, 1.165) is 0 Å². The second-order valence-electron chi connectivity index (χ2n) is 8.27. The number of phenolic OH excluding ortho intramolecular Hbond substituents is 1. The number of benzene rings is 3. The fourth-order valence-corrected chi connectivity index (χ4v) is 4.16. The van der Waals surface area contributed by atoms with Gasteiger partial charge in [-0.2, -0.15) is 0 Å². The van der Waals surface area contributed by atoms with E-state index in [4.69, 9.17) is 21.1 Å². The minimum Gasteiger partial charge on any atom is -0.507 e. The number of methoxy groups -OCH3 is 1. The number of Topliss-reactive ketones (excluding diaryl/α,β-unsaturated/α-hetero) is 1. The van der Waals surface area contributed by atoms with Gasteiger partial charge in [0.2, 0.25) is 0 Å². The number of aliphatic hydroxyl groups is 1. The molecule has 0 spiro atoms. The summed E-state index contributed by atoms with van der Waals surface area (Å²) in [5.74, 6) is -0.918. The van der Waals surface area contributed by atoms with Crippen molar-refractivity contribution in [2.24, 2.45) is 0 Å². The first-order valence-electron chi connectivity index (χ1n) is 10.9. The molecule has 2 N–H and O–H groups in total. The summed E-state index contributed by atoms with van der Waals surface area (Å²) in [6.45, 7) is 3.80. The third-order valence-corrected chi connectivity index (χ3v) is 5.88. The maximum absolute atomic E-state index is 13.2. The Bertz CT molecular complexity index is 1300. The number of hydrogen-bond acceptors (Lipinski definition) is 6. The average molecular weight is 494 g/mol. The summed E-state index contributed by atoms with van der Waals surface area (Å²) < 4.78 is 10.8. The van der Waals surface area contributed by atoms with Crippen LogP contribution in [0, 0.1) is 0 Å². The molecule has 1 amide bonds. The molecule has 4 rings (SSSR count). The molecule has 180 valence electrons. The van der Waals surface area contributed by atoms with Crippen LogP contribution in [0.1, 0.15) is 31.0 Å². The van der Waals surface area contributed by atoms with Gasteiger partial charge in [-0.05, 0) is 80.1 Å². The van der Waals surface area contributed by atoms with Crippen molar-refractivity contribution in [2.45, 2.75) is 26.0 Å². The Labute approximate surface area is 207 Å². The Balaban J connectivity index is 1.87. The third-order valence-electron chi connectivity index (χ3n) is 5.58. The monoisotopic (exact) mass is 493 g/mol. The Hall–Kier alpha value is -3.97. The van der Waals surface area contributed by atoms with Crippen LogP contribution in [0.5, 0.6) is 17.2 Å². The van der Waals surface area contributed by atoms with Gasteiger partial charge in [0, 0.05) is 11.3 Å². The van der Waals surface area contributed by atoms with E-state index >= 15 is 0 Å². The molecule has 3 aromatic carbocycles. The van der Waals surface area contributed by atoms with E-state index < -0.39 is 17.7 Å². The lowest BCUT2D eigenvalue weighted by atomic mass is 9.95. The number of ketones is 1. The molecule has 35 heavy (non-hydrogen) atoms. The number of ether oxygens (including phenoxy) is 2. The Kier molecular flexibility index (Phi) is 6.71. The molecule has 3 aromatic rings. The van der Waals surface area contributed by atoms with Crippen molar-refractivity contribution in [2.75, 3.05) is 12.0 Å². The minimum atomic E-state index is -0.979. The average Bonchev–Trinajstić information content (AvgIpc) is 3.11. The van der Waals surface area contributed by atoms with Crippen LogP contribution < -0.4 is 14.4 Å². The first-order valence-corrected chi connectivity index (χ1v) is 11.3. The van der Waals surface area contributed by atoms with Crippen LogP contribution in [0.2, 0.25) is 5.02 Å². The van der Waals surface area contributed by atoms with E-state index in [0.29, 0.717) is 28.3 Å². The van der Waals surface area contributed by atoms with Gasteiger partial charge < -0.3 is 19.7 Å². The number of aliphatic hydroxyl groups excluding tert-OH is 1. The molecular weight excluding hydrogens is 470 g/mol. The molecule has 1 aliphatic rings. The van der Waals surface area contributed by atoms with Crippen molar-refractivity contribution in [3.63, 3.8) is 0 Å². The quantitative estimate of drug-likeness (QED) is 0.268. The van der Waals surface area contributed by atoms with E-state index in [1.165, 1.54) is 24.1 Å². The summed E-state index contributed by atoms with van der Waals surface area (Å²) in [6.07, 6.45) is -0.0245. The van der Waals surface area contributed by atoms with Gasteiger partial charge in [0.05, 0.1) is 29.9 Å². The molecule has 0 aromatic heterocycles. The predicted molar refractivity (Wildman–Crippen MR) is 133 cm³/mol. The lowest BCUT2D eigenvalue weighted by Gasteiger charge is -2.26. The molecule has 7 nitrogen and oxygen atoms in total. The first-order chi connectivity index (χ1) is 16.7. The summed E-state index contributed by atoms with van der Waals surface area (Å²) in [6, 6.07) is 16.7. The van der Waals surface area contributed by atoms with Crippen molar-refractivity contribution in [3.8, 4) is 17.2 Å². The highest BCUT2D eigenvalue weighted by molar-refractivity contribution is 6.51. The molecule has 1 aliphatic heterocycles. The summed E-state index contributed by atoms with van der Waals surface area (Å²) in [5, 5.41) is 21.2. The van der Waals surface area contributed by atoms with Crippen LogP contribution >= 0.6 is 11.6 Å². The summed E-state index contributed by atoms with van der Waals surface area (Å²) in [4.78, 5) is 27.7. The Morgan fingerprint density at radius 2 is 1.60 bits per heavy atom. The Morgan fingerprint density at radius 1 is 0.971 bits per heavy atom. The molecule has 1 saturated heterocycles. The predicted octanol–water partition coefficient (Wildman–Crippen LogP) is 5.47. The number of aromatic hydroxyl groups is 1. The molecule has 0 saturated carbocycles. The molecule has 0 radical (unpaired) electrons. The topological polar surface area (TPSA) is 96.3 Å². The van der Waals surface area contributed by atoms with Crippen LogP contribution in [0.3, 0.4) is 0 Å². The van der Waals surface area contributed by atoms with Crippen molar-refractivity contribution in [1.29, 1.82) is 0 Å². The van der Waals surface area contributed by atoms with Gasteiger partial charge in [0.25, 0.3) is 11.7 Å². The lowest BCUT2D eigenvalue weighted by molar-refractivity contribution is -0.132. The van der Waals surface area contributed by atoms with E-state index in [2.05, 4.69) is 0 Å². The number of phenols is 1. The zero-order chi connectivity index (χ0) is 25.3. The first kappa shape index (κ1) is 24.2. The number of rotatable bonds is 6. The van der Waals surface area contributed by atoms with E-state index in [9.17, 15) is 19.8 Å². The highest BCUT2D eigenvalue weighted by Gasteiger charge is 2.47. The number of nitrogens with zero attached hydrogens (tertiary/aromatic N) is 1. The summed E-state index contributed by atoms with van der Waals surface area (Å²) in [7, 11) is 1.52. The standard InChI is InChI=1S/C27H24ClNO6/c1-15(2)35-20-9-4-16(5-10-20)25(31)23-24(17-6-13-22(30)21(28)14-17)29(27(33)26(23)32)18-7-11-19(34-3)12-8-18/h4-15,24,30-31H,1-3H3/b25-23-. The SMILES string of the molecule is COc1ccc(N2C(=O)C(=O)/C(=C(\O)c3ccc(OC(C)C)cc3)C2c2ccc(O)c(Cl)c2)cc1. The maximum atomic E-state index is 13.2. The highest BCUT2D eigenvalue weighted by Crippen LogP contribution is 2.43. The van der Waals surface area contributed by atoms with Crippen LogP contribution in [-0.2, 0) is 9.59 Å². The lowest BCUT2D eigenvalue weighted by Crippen LogP contribution is -2.29. The van der Waals surface area contributed by atoms with Gasteiger partial charge in [-0.3, -0.25) is 14.5 Å². The largest absolute Gasteiger partial charge is 0.507 e. The fourth-order valence-electron chi connectivity index (χ4n) is 3.97. The second kappa shape index (κ2) is 9.72. The molecular formula is C27H24ClNO6. The molecule has 1 heterocycles. The van der Waals surface area contributed by atoms with Crippen LogP contribution in [0.4, 0.5) is 5.69 Å². The van der Waals surface area contributed by atoms with Gasteiger partial charge in [-0.15, -0.1) is 0 Å². The minimum absolute atomic E-state index is 0.0245. The normalized spacial score (nSPS) is 17.2. The van der Waals surface area contributed by atoms with Crippen molar-refractivity contribution in [3.05, 3.63) is 88.5 Å². The van der Waals surface area contributed by atoms with Crippen LogP contribution in [0.15, 0.2) is 72.3 Å². The smallest absolute Gasteiger partial charge is 0.300 e. The maximum Gasteiger partial charge on any atom is 0.300 e. The fraction of sp³-hybridized carbons (Fsp3) is 0.185. The van der Waals surface area contributed by atoms with Gasteiger partial charge in [0.1, 0.15) is 23.0 Å². The number of hydrogen-bond donors (Lipinski definition) is 2. The molecule has 1 atom stereocenters. The van der Waals surface area contributed by atoms with Crippen molar-refractivity contribution >= 4 is 34.7 Å². The summed E-state index contributed by atoms with van der Waals surface area (Å²) >= 11 is 6.15. The molecule has 0 bridgehead atoms.